The Balaban J connectivity index is 2.16. The summed E-state index contributed by atoms with van der Waals surface area (Å²) in [4.78, 5) is 19.6. The highest BCUT2D eigenvalue weighted by molar-refractivity contribution is 7.80. The molecule has 0 aliphatic carbocycles. The van der Waals surface area contributed by atoms with Gasteiger partial charge in [-0.1, -0.05) is 30.3 Å². The number of nitrogens with zero attached hydrogens (tertiary/aromatic N) is 1. The minimum atomic E-state index is -0.747. The minimum absolute atomic E-state index is 0.0268. The molecule has 1 aromatic heterocycles. The molecule has 1 aliphatic rings. The number of carbonyl (C=O) groups excluding carboxylic acids is 1. The van der Waals surface area contributed by atoms with Crippen LogP contribution in [0.15, 0.2) is 35.3 Å². The number of carbonyl (C=O) groups is 1. The number of hydrogen-bond acceptors (Lipinski definition) is 5. The monoisotopic (exact) mass is 358 g/mol. The van der Waals surface area contributed by atoms with Gasteiger partial charge in [0.1, 0.15) is 0 Å². The quantitative estimate of drug-likeness (QED) is 0.435. The summed E-state index contributed by atoms with van der Waals surface area (Å²) in [6, 6.07) is 9.89. The Morgan fingerprint density at radius 2 is 2.04 bits per heavy atom. The van der Waals surface area contributed by atoms with E-state index in [1.807, 2.05) is 30.3 Å². The zero-order valence-electron chi connectivity index (χ0n) is 13.4. The summed E-state index contributed by atoms with van der Waals surface area (Å²) in [6.07, 6.45) is -0.414. The van der Waals surface area contributed by atoms with Crippen LogP contribution in [0.3, 0.4) is 0 Å². The Bertz CT molecular complexity index is 827. The normalized spacial score (nSPS) is 16.9. The van der Waals surface area contributed by atoms with Gasteiger partial charge in [-0.25, -0.2) is 5.84 Å². The van der Waals surface area contributed by atoms with Crippen LogP contribution >= 0.6 is 23.6 Å². The van der Waals surface area contributed by atoms with Gasteiger partial charge >= 0.3 is 0 Å². The molecule has 2 aromatic rings. The molecule has 1 unspecified atom stereocenters. The van der Waals surface area contributed by atoms with Crippen molar-refractivity contribution in [2.75, 3.05) is 0 Å². The van der Waals surface area contributed by atoms with Gasteiger partial charge in [-0.2, -0.15) is 0 Å². The number of fused-ring (bicyclic) bond motifs is 1. The van der Waals surface area contributed by atoms with Crippen molar-refractivity contribution < 1.29 is 4.79 Å². The lowest BCUT2D eigenvalue weighted by molar-refractivity contribution is -0.119. The number of ketones is 1. The number of rotatable bonds is 2. The fraction of sp³-hybridized carbons (Fsp3) is 0.235. The van der Waals surface area contributed by atoms with Crippen LogP contribution in [-0.2, 0) is 11.2 Å². The molecular weight excluding hydrogens is 340 g/mol. The van der Waals surface area contributed by atoms with Crippen LogP contribution < -0.4 is 16.6 Å². The molecule has 0 amide bonds. The smallest absolute Gasteiger partial charge is 0.182 e. The summed E-state index contributed by atoms with van der Waals surface area (Å²) >= 11 is 6.69. The van der Waals surface area contributed by atoms with E-state index >= 15 is 0 Å². The lowest BCUT2D eigenvalue weighted by atomic mass is 9.98. The fourth-order valence-electron chi connectivity index (χ4n) is 2.75. The number of hydrogen-bond donors (Lipinski definition) is 3. The summed E-state index contributed by atoms with van der Waals surface area (Å²) in [5, 5.41) is 3.08. The molecule has 4 N–H and O–H groups in total. The van der Waals surface area contributed by atoms with Crippen LogP contribution in [0.25, 0.3) is 0 Å². The van der Waals surface area contributed by atoms with Gasteiger partial charge in [0, 0.05) is 27.3 Å². The number of benzene rings is 1. The third-order valence-electron chi connectivity index (χ3n) is 4.04. The number of nitrogens with one attached hydrogen (secondary N) is 2. The molecule has 0 saturated heterocycles. The second kappa shape index (κ2) is 6.80. The molecule has 124 valence electrons. The van der Waals surface area contributed by atoms with Crippen LogP contribution in [0.4, 0.5) is 0 Å². The maximum Gasteiger partial charge on any atom is 0.182 e. The highest BCUT2D eigenvalue weighted by Crippen LogP contribution is 2.32. The lowest BCUT2D eigenvalue weighted by Crippen LogP contribution is -2.47. The molecule has 0 saturated carbocycles. The lowest BCUT2D eigenvalue weighted by Gasteiger charge is -2.15. The predicted molar refractivity (Wildman–Crippen MR) is 101 cm³/mol. The highest BCUT2D eigenvalue weighted by atomic mass is 32.1. The van der Waals surface area contributed by atoms with Crippen LogP contribution in [0.2, 0.25) is 0 Å². The molecule has 0 fully saturated rings. The number of aryl methyl sites for hydroxylation is 1. The molecule has 0 spiro atoms. The minimum Gasteiger partial charge on any atom is -0.334 e. The number of thiophene rings is 1. The van der Waals surface area contributed by atoms with Gasteiger partial charge in [-0.3, -0.25) is 9.79 Å². The maximum absolute atomic E-state index is 12.6. The molecule has 0 bridgehead atoms. The van der Waals surface area contributed by atoms with Gasteiger partial charge < -0.3 is 10.7 Å². The number of Topliss-reactive ketones (excluding diaryl/α,β-unsaturated/α-hetero) is 1. The van der Waals surface area contributed by atoms with E-state index in [1.165, 1.54) is 10.4 Å². The molecule has 1 aliphatic heterocycles. The molecule has 5 nitrogen and oxygen atoms in total. The second-order valence-corrected chi connectivity index (χ2v) is 7.31. The molecule has 7 heteroatoms. The highest BCUT2D eigenvalue weighted by Gasteiger charge is 2.29. The van der Waals surface area contributed by atoms with E-state index in [4.69, 9.17) is 23.1 Å². The molecular formula is C17H18N4OS2. The summed E-state index contributed by atoms with van der Waals surface area (Å²) in [7, 11) is 0. The standard InChI is InChI=1S/C17H18N4OS2/c1-9-10(2)24-13-8-12(22)16(20-17(23)21-18)19-15(14(9)13)11-6-4-3-5-7-11/h3-7,16H,8,18H2,1-2H3,(H2,20,21,23). The molecule has 1 aromatic carbocycles. The van der Waals surface area contributed by atoms with Crippen molar-refractivity contribution in [1.29, 1.82) is 0 Å². The first-order chi connectivity index (χ1) is 11.5. The van der Waals surface area contributed by atoms with E-state index in [1.54, 1.807) is 11.3 Å². The zero-order valence-corrected chi connectivity index (χ0v) is 15.1. The van der Waals surface area contributed by atoms with Crippen molar-refractivity contribution in [3.05, 3.63) is 56.8 Å². The molecule has 0 radical (unpaired) electrons. The first kappa shape index (κ1) is 16.8. The predicted octanol–water partition coefficient (Wildman–Crippen LogP) is 1.99. The first-order valence-corrected chi connectivity index (χ1v) is 8.76. The van der Waals surface area contributed by atoms with Gasteiger partial charge in [0.15, 0.2) is 17.1 Å². The van der Waals surface area contributed by atoms with Gasteiger partial charge in [0.05, 0.1) is 5.71 Å². The summed E-state index contributed by atoms with van der Waals surface area (Å²) in [6.45, 7) is 4.15. The summed E-state index contributed by atoms with van der Waals surface area (Å²) in [5.41, 5.74) is 6.37. The summed E-state index contributed by atoms with van der Waals surface area (Å²) < 4.78 is 0. The average molecular weight is 358 g/mol. The fourth-order valence-corrected chi connectivity index (χ4v) is 4.05. The van der Waals surface area contributed by atoms with Gasteiger partial charge in [0.25, 0.3) is 0 Å². The van der Waals surface area contributed by atoms with Crippen LogP contribution in [0.5, 0.6) is 0 Å². The van der Waals surface area contributed by atoms with Gasteiger partial charge in [-0.15, -0.1) is 11.3 Å². The second-order valence-electron chi connectivity index (χ2n) is 5.59. The van der Waals surface area contributed by atoms with E-state index < -0.39 is 6.17 Å². The summed E-state index contributed by atoms with van der Waals surface area (Å²) in [5.74, 6) is 5.29. The third-order valence-corrected chi connectivity index (χ3v) is 5.48. The van der Waals surface area contributed by atoms with Crippen molar-refractivity contribution in [1.82, 2.24) is 10.7 Å². The van der Waals surface area contributed by atoms with Crippen molar-refractivity contribution >= 4 is 40.2 Å². The van der Waals surface area contributed by atoms with Gasteiger partial charge in [0.2, 0.25) is 0 Å². The molecule has 3 rings (SSSR count). The Kier molecular flexibility index (Phi) is 4.75. The van der Waals surface area contributed by atoms with Crippen molar-refractivity contribution in [2.45, 2.75) is 26.4 Å². The Labute approximate surface area is 150 Å². The molecule has 1 atom stereocenters. The van der Waals surface area contributed by atoms with Crippen molar-refractivity contribution in [3.8, 4) is 0 Å². The van der Waals surface area contributed by atoms with E-state index in [0.29, 0.717) is 6.42 Å². The van der Waals surface area contributed by atoms with E-state index in [9.17, 15) is 4.79 Å². The SMILES string of the molecule is Cc1sc2c(c1C)C(c1ccccc1)=NC(NC(=S)NN)C(=O)C2. The first-order valence-electron chi connectivity index (χ1n) is 7.53. The zero-order chi connectivity index (χ0) is 17.3. The number of hydrazine groups is 1. The Morgan fingerprint density at radius 1 is 1.33 bits per heavy atom. The van der Waals surface area contributed by atoms with Gasteiger partial charge in [-0.05, 0) is 31.6 Å². The van der Waals surface area contributed by atoms with Crippen LogP contribution in [0, 0.1) is 13.8 Å². The Hall–Kier alpha value is -2.09. The third kappa shape index (κ3) is 3.10. The van der Waals surface area contributed by atoms with Crippen molar-refractivity contribution in [3.63, 3.8) is 0 Å². The van der Waals surface area contributed by atoms with E-state index in [-0.39, 0.29) is 10.9 Å². The largest absolute Gasteiger partial charge is 0.334 e. The van der Waals surface area contributed by atoms with E-state index in [2.05, 4.69) is 24.6 Å². The average Bonchev–Trinajstić information content (AvgIpc) is 2.77. The number of nitrogens with two attached hydrogens (primary N) is 1. The topological polar surface area (TPSA) is 79.5 Å². The van der Waals surface area contributed by atoms with Crippen LogP contribution in [-0.4, -0.2) is 22.8 Å². The molecule has 2 heterocycles. The number of thiocarbonyl (C=S) groups is 1. The maximum atomic E-state index is 12.6. The van der Waals surface area contributed by atoms with Crippen molar-refractivity contribution in [2.24, 2.45) is 10.8 Å². The van der Waals surface area contributed by atoms with E-state index in [0.717, 1.165) is 21.7 Å². The molecule has 24 heavy (non-hydrogen) atoms. The Morgan fingerprint density at radius 3 is 2.71 bits per heavy atom. The van der Waals surface area contributed by atoms with Crippen LogP contribution in [0.1, 0.15) is 26.4 Å². The number of aliphatic imine (C=N–C) groups is 1.